The monoisotopic (exact) mass is 174 g/mol. The van der Waals surface area contributed by atoms with Crippen molar-refractivity contribution in [2.75, 3.05) is 7.11 Å². The van der Waals surface area contributed by atoms with Crippen LogP contribution in [-0.2, 0) is 9.47 Å². The fourth-order valence-corrected chi connectivity index (χ4v) is 1.03. The van der Waals surface area contributed by atoms with E-state index in [-0.39, 0.29) is 6.10 Å². The van der Waals surface area contributed by atoms with Crippen LogP contribution < -0.4 is 0 Å². The second kappa shape index (κ2) is 4.09. The van der Waals surface area contributed by atoms with E-state index in [4.69, 9.17) is 4.74 Å². The molecule has 1 aliphatic rings. The molecule has 0 fully saturated rings. The minimum absolute atomic E-state index is 0.329. The maximum Gasteiger partial charge on any atom is 0.508 e. The summed E-state index contributed by atoms with van der Waals surface area (Å²) in [6, 6.07) is 0. The normalized spacial score (nSPS) is 28.2. The van der Waals surface area contributed by atoms with Crippen LogP contribution in [0, 0.1) is 0 Å². The highest BCUT2D eigenvalue weighted by Gasteiger charge is 2.18. The number of alkyl halides is 1. The first kappa shape index (κ1) is 9.03. The van der Waals surface area contributed by atoms with E-state index in [1.54, 1.807) is 6.08 Å². The van der Waals surface area contributed by atoms with Crippen LogP contribution in [0.5, 0.6) is 0 Å². The van der Waals surface area contributed by atoms with Gasteiger partial charge in [-0.2, -0.15) is 0 Å². The molecule has 0 radical (unpaired) electrons. The molecule has 0 aromatic carbocycles. The smallest absolute Gasteiger partial charge is 0.438 e. The third kappa shape index (κ3) is 2.53. The molecule has 68 valence electrons. The lowest BCUT2D eigenvalue weighted by Crippen LogP contribution is -2.20. The molecule has 0 aromatic rings. The molecule has 12 heavy (non-hydrogen) atoms. The Balaban J connectivity index is 2.35. The molecule has 0 unspecified atom stereocenters. The lowest BCUT2D eigenvalue weighted by atomic mass is 10.0. The Bertz CT molecular complexity index is 191. The van der Waals surface area contributed by atoms with Gasteiger partial charge in [-0.05, 0) is 18.9 Å². The third-order valence-electron chi connectivity index (χ3n) is 1.68. The average Bonchev–Trinajstić information content (AvgIpc) is 2.09. The van der Waals surface area contributed by atoms with Gasteiger partial charge in [-0.25, -0.2) is 9.18 Å². The fourth-order valence-electron chi connectivity index (χ4n) is 1.03. The Morgan fingerprint density at radius 3 is 2.75 bits per heavy atom. The molecule has 0 heterocycles. The lowest BCUT2D eigenvalue weighted by Gasteiger charge is -2.17. The van der Waals surface area contributed by atoms with Gasteiger partial charge in [0.2, 0.25) is 0 Å². The second-order valence-electron chi connectivity index (χ2n) is 2.59. The minimum Gasteiger partial charge on any atom is -0.438 e. The molecule has 1 aliphatic carbocycles. The van der Waals surface area contributed by atoms with Crippen molar-refractivity contribution in [3.05, 3.63) is 12.2 Å². The Morgan fingerprint density at radius 1 is 1.50 bits per heavy atom. The Morgan fingerprint density at radius 2 is 2.25 bits per heavy atom. The number of ether oxygens (including phenoxy) is 2. The maximum atomic E-state index is 12.5. The van der Waals surface area contributed by atoms with E-state index in [0.29, 0.717) is 12.8 Å². The van der Waals surface area contributed by atoms with Gasteiger partial charge < -0.3 is 9.47 Å². The summed E-state index contributed by atoms with van der Waals surface area (Å²) in [5.74, 6) is 0. The Labute approximate surface area is 70.2 Å². The zero-order valence-electron chi connectivity index (χ0n) is 6.83. The van der Waals surface area contributed by atoms with Gasteiger partial charge in [-0.15, -0.1) is 0 Å². The molecule has 0 spiro atoms. The number of halogens is 1. The number of carbonyl (C=O) groups excluding carboxylic acids is 1. The van der Waals surface area contributed by atoms with Crippen LogP contribution in [0.1, 0.15) is 12.8 Å². The molecule has 0 aliphatic heterocycles. The lowest BCUT2D eigenvalue weighted by molar-refractivity contribution is 0.0454. The van der Waals surface area contributed by atoms with Crippen LogP contribution >= 0.6 is 0 Å². The number of hydrogen-bond acceptors (Lipinski definition) is 3. The summed E-state index contributed by atoms with van der Waals surface area (Å²) in [5, 5.41) is 0. The van der Waals surface area contributed by atoms with Crippen LogP contribution in [0.4, 0.5) is 9.18 Å². The molecular weight excluding hydrogens is 163 g/mol. The van der Waals surface area contributed by atoms with E-state index < -0.39 is 12.3 Å². The third-order valence-corrected chi connectivity index (χ3v) is 1.68. The predicted octanol–water partition coefficient (Wildman–Crippen LogP) is 1.83. The molecule has 2 atom stereocenters. The van der Waals surface area contributed by atoms with Crippen molar-refractivity contribution >= 4 is 6.16 Å². The summed E-state index contributed by atoms with van der Waals surface area (Å²) in [4.78, 5) is 10.6. The van der Waals surface area contributed by atoms with Crippen molar-refractivity contribution in [1.29, 1.82) is 0 Å². The van der Waals surface area contributed by atoms with Crippen molar-refractivity contribution in [2.45, 2.75) is 25.1 Å². The van der Waals surface area contributed by atoms with Crippen LogP contribution in [0.3, 0.4) is 0 Å². The fraction of sp³-hybridized carbons (Fsp3) is 0.625. The average molecular weight is 174 g/mol. The van der Waals surface area contributed by atoms with Gasteiger partial charge in [0.05, 0.1) is 7.11 Å². The molecule has 0 saturated heterocycles. The van der Waals surface area contributed by atoms with Crippen LogP contribution in [0.2, 0.25) is 0 Å². The SMILES string of the molecule is COC(=O)O[C@@H]1C=C[C@@H](F)CC1. The number of methoxy groups -OCH3 is 1. The van der Waals surface area contributed by atoms with Gasteiger partial charge in [-0.3, -0.25) is 0 Å². The van der Waals surface area contributed by atoms with E-state index in [0.717, 1.165) is 0 Å². The van der Waals surface area contributed by atoms with Crippen LogP contribution in [0.15, 0.2) is 12.2 Å². The Hall–Kier alpha value is -1.06. The Kier molecular flexibility index (Phi) is 3.08. The highest BCUT2D eigenvalue weighted by atomic mass is 19.1. The van der Waals surface area contributed by atoms with Gasteiger partial charge in [0.1, 0.15) is 12.3 Å². The molecule has 0 amide bonds. The van der Waals surface area contributed by atoms with Gasteiger partial charge in [-0.1, -0.05) is 6.08 Å². The summed E-state index contributed by atoms with van der Waals surface area (Å²) in [7, 11) is 1.24. The van der Waals surface area contributed by atoms with Gasteiger partial charge in [0.25, 0.3) is 0 Å². The van der Waals surface area contributed by atoms with Crippen molar-refractivity contribution in [3.8, 4) is 0 Å². The highest BCUT2D eigenvalue weighted by molar-refractivity contribution is 5.60. The number of hydrogen-bond donors (Lipinski definition) is 0. The minimum atomic E-state index is -0.900. The molecule has 0 N–H and O–H groups in total. The van der Waals surface area contributed by atoms with Crippen molar-refractivity contribution in [2.24, 2.45) is 0 Å². The summed E-state index contributed by atoms with van der Waals surface area (Å²) in [6.07, 6.45) is 1.92. The highest BCUT2D eigenvalue weighted by Crippen LogP contribution is 2.16. The van der Waals surface area contributed by atoms with E-state index in [1.165, 1.54) is 13.2 Å². The number of carbonyl (C=O) groups is 1. The summed E-state index contributed by atoms with van der Waals surface area (Å²) >= 11 is 0. The van der Waals surface area contributed by atoms with Crippen molar-refractivity contribution in [1.82, 2.24) is 0 Å². The van der Waals surface area contributed by atoms with E-state index in [9.17, 15) is 9.18 Å². The van der Waals surface area contributed by atoms with Gasteiger partial charge in [0, 0.05) is 0 Å². The zero-order chi connectivity index (χ0) is 8.97. The van der Waals surface area contributed by atoms with E-state index in [2.05, 4.69) is 4.74 Å². The molecule has 0 bridgehead atoms. The maximum absolute atomic E-state index is 12.5. The number of rotatable bonds is 1. The zero-order valence-corrected chi connectivity index (χ0v) is 6.83. The molecule has 1 rings (SSSR count). The molecule has 4 heteroatoms. The van der Waals surface area contributed by atoms with Gasteiger partial charge >= 0.3 is 6.16 Å². The summed E-state index contributed by atoms with van der Waals surface area (Å²) in [6.45, 7) is 0. The molecule has 0 aromatic heterocycles. The van der Waals surface area contributed by atoms with Crippen molar-refractivity contribution < 1.29 is 18.7 Å². The standard InChI is InChI=1S/C8H11FO3/c1-11-8(10)12-7-4-2-6(9)3-5-7/h2,4,6-7H,3,5H2,1H3/t6-,7-/m1/s1. The molecular formula is C8H11FO3. The molecule has 3 nitrogen and oxygen atoms in total. The van der Waals surface area contributed by atoms with E-state index >= 15 is 0 Å². The quantitative estimate of drug-likeness (QED) is 0.449. The first-order chi connectivity index (χ1) is 5.72. The number of allylic oxidation sites excluding steroid dienone is 1. The van der Waals surface area contributed by atoms with Crippen LogP contribution in [-0.4, -0.2) is 25.5 Å². The first-order valence-corrected chi connectivity index (χ1v) is 3.79. The predicted molar refractivity (Wildman–Crippen MR) is 40.5 cm³/mol. The summed E-state index contributed by atoms with van der Waals surface area (Å²) < 4.78 is 21.6. The van der Waals surface area contributed by atoms with Crippen molar-refractivity contribution in [3.63, 3.8) is 0 Å². The first-order valence-electron chi connectivity index (χ1n) is 3.79. The van der Waals surface area contributed by atoms with Gasteiger partial charge in [0.15, 0.2) is 0 Å². The van der Waals surface area contributed by atoms with Crippen LogP contribution in [0.25, 0.3) is 0 Å². The summed E-state index contributed by atoms with van der Waals surface area (Å²) in [5.41, 5.74) is 0. The topological polar surface area (TPSA) is 35.5 Å². The largest absolute Gasteiger partial charge is 0.508 e. The van der Waals surface area contributed by atoms with E-state index in [1.807, 2.05) is 0 Å². The second-order valence-corrected chi connectivity index (χ2v) is 2.59. The molecule has 0 saturated carbocycles.